The van der Waals surface area contributed by atoms with Gasteiger partial charge in [-0.05, 0) is 12.8 Å². The highest BCUT2D eigenvalue weighted by molar-refractivity contribution is 8.76. The summed E-state index contributed by atoms with van der Waals surface area (Å²) in [6, 6.07) is 0. The lowest BCUT2D eigenvalue weighted by Crippen LogP contribution is -1.86. The van der Waals surface area contributed by atoms with Gasteiger partial charge in [0.1, 0.15) is 0 Å². The average Bonchev–Trinajstić information content (AvgIpc) is 2.28. The molecule has 0 N–H and O–H groups in total. The molecule has 1 rings (SSSR count). The van der Waals surface area contributed by atoms with Crippen LogP contribution in [0.15, 0.2) is 0 Å². The predicted molar refractivity (Wildman–Crippen MR) is 73.2 cm³/mol. The highest BCUT2D eigenvalue weighted by atomic mass is 33.1. The van der Waals surface area contributed by atoms with E-state index in [-0.39, 0.29) is 0 Å². The number of rotatable bonds is 5. The number of hydrogen-bond acceptors (Lipinski definition) is 2. The van der Waals surface area contributed by atoms with Gasteiger partial charge in [-0.1, -0.05) is 74.0 Å². The van der Waals surface area contributed by atoms with Crippen molar-refractivity contribution < 1.29 is 0 Å². The van der Waals surface area contributed by atoms with Gasteiger partial charge in [-0.2, -0.15) is 0 Å². The molecule has 0 aromatic rings. The molecule has 0 aromatic heterocycles. The predicted octanol–water partition coefficient (Wildman–Crippen LogP) is 5.53. The van der Waals surface area contributed by atoms with Gasteiger partial charge in [0.2, 0.25) is 0 Å². The van der Waals surface area contributed by atoms with Crippen LogP contribution >= 0.6 is 21.6 Å². The summed E-state index contributed by atoms with van der Waals surface area (Å²) >= 11 is 0. The van der Waals surface area contributed by atoms with Crippen molar-refractivity contribution in [2.75, 3.05) is 11.5 Å². The lowest BCUT2D eigenvalue weighted by Gasteiger charge is -2.04. The molecular weight excluding hydrogens is 208 g/mol. The van der Waals surface area contributed by atoms with Crippen LogP contribution in [-0.4, -0.2) is 11.5 Å². The topological polar surface area (TPSA) is 0 Å². The Hall–Kier alpha value is 0.700. The molecule has 1 heterocycles. The largest absolute Gasteiger partial charge is 0.0942 e. The Morgan fingerprint density at radius 1 is 0.714 bits per heavy atom. The molecule has 0 unspecified atom stereocenters. The third kappa shape index (κ3) is 12.7. The minimum atomic E-state index is 1.36. The van der Waals surface area contributed by atoms with Crippen molar-refractivity contribution in [1.82, 2.24) is 0 Å². The molecule has 1 aliphatic heterocycles. The van der Waals surface area contributed by atoms with E-state index in [1.54, 1.807) is 0 Å². The molecule has 0 aliphatic carbocycles. The van der Waals surface area contributed by atoms with Gasteiger partial charge in [-0.3, -0.25) is 0 Å². The van der Waals surface area contributed by atoms with Crippen LogP contribution < -0.4 is 0 Å². The van der Waals surface area contributed by atoms with E-state index >= 15 is 0 Å². The summed E-state index contributed by atoms with van der Waals surface area (Å²) < 4.78 is 0. The minimum absolute atomic E-state index is 1.36. The Bertz CT molecular complexity index is 72.8. The molecule has 0 spiro atoms. The molecule has 86 valence electrons. The molecule has 14 heavy (non-hydrogen) atoms. The Labute approximate surface area is 98.4 Å². The van der Waals surface area contributed by atoms with Crippen LogP contribution in [0.1, 0.15) is 65.2 Å². The lowest BCUT2D eigenvalue weighted by molar-refractivity contribution is 0.624. The standard InChI is InChI=1S/C8H18.C4H8S2/c1-3-5-7-8-6-4-2;1-2-4-6-5-3-1/h3-8H2,1-2H3;1-4H2. The minimum Gasteiger partial charge on any atom is -0.0942 e. The van der Waals surface area contributed by atoms with Crippen molar-refractivity contribution in [3.8, 4) is 0 Å². The summed E-state index contributed by atoms with van der Waals surface area (Å²) in [6.07, 6.45) is 11.4. The zero-order valence-corrected chi connectivity index (χ0v) is 11.5. The van der Waals surface area contributed by atoms with Crippen LogP contribution in [-0.2, 0) is 0 Å². The van der Waals surface area contributed by atoms with Gasteiger partial charge < -0.3 is 0 Å². The Balaban J connectivity index is 0.000000249. The lowest BCUT2D eigenvalue weighted by atomic mass is 10.1. The first-order valence-electron chi connectivity index (χ1n) is 6.16. The summed E-state index contributed by atoms with van der Waals surface area (Å²) in [4.78, 5) is 0. The molecule has 1 saturated heterocycles. The molecule has 1 fully saturated rings. The monoisotopic (exact) mass is 234 g/mol. The van der Waals surface area contributed by atoms with Crippen molar-refractivity contribution >= 4 is 21.6 Å². The van der Waals surface area contributed by atoms with Gasteiger partial charge in [0, 0.05) is 11.5 Å². The van der Waals surface area contributed by atoms with Crippen LogP contribution in [0.5, 0.6) is 0 Å². The van der Waals surface area contributed by atoms with Crippen LogP contribution in [0.25, 0.3) is 0 Å². The van der Waals surface area contributed by atoms with Gasteiger partial charge >= 0.3 is 0 Å². The third-order valence-corrected chi connectivity index (χ3v) is 4.82. The normalized spacial score (nSPS) is 15.9. The zero-order valence-electron chi connectivity index (χ0n) is 9.89. The molecule has 1 aliphatic rings. The van der Waals surface area contributed by atoms with Gasteiger partial charge in [-0.25, -0.2) is 0 Å². The second-order valence-corrected chi connectivity index (χ2v) is 6.47. The summed E-state index contributed by atoms with van der Waals surface area (Å²) in [6.45, 7) is 4.51. The molecular formula is C12H26S2. The van der Waals surface area contributed by atoms with Gasteiger partial charge in [0.25, 0.3) is 0 Å². The average molecular weight is 234 g/mol. The Morgan fingerprint density at radius 2 is 1.14 bits per heavy atom. The highest BCUT2D eigenvalue weighted by Crippen LogP contribution is 2.28. The van der Waals surface area contributed by atoms with Crippen molar-refractivity contribution in [3.05, 3.63) is 0 Å². The first-order chi connectivity index (χ1) is 6.91. The maximum atomic E-state index is 2.26. The first kappa shape index (κ1) is 14.7. The second kappa shape index (κ2) is 13.7. The van der Waals surface area contributed by atoms with Crippen molar-refractivity contribution in [3.63, 3.8) is 0 Å². The van der Waals surface area contributed by atoms with E-state index in [4.69, 9.17) is 0 Å². The molecule has 0 atom stereocenters. The summed E-state index contributed by atoms with van der Waals surface area (Å²) in [5.74, 6) is 2.76. The van der Waals surface area contributed by atoms with Crippen molar-refractivity contribution in [2.45, 2.75) is 65.2 Å². The maximum Gasteiger partial charge on any atom is 0.00372 e. The SMILES string of the molecule is C1CCSSC1.CCCCCCCC. The Morgan fingerprint density at radius 3 is 1.36 bits per heavy atom. The first-order valence-corrected chi connectivity index (χ1v) is 8.65. The van der Waals surface area contributed by atoms with Gasteiger partial charge in [0.15, 0.2) is 0 Å². The van der Waals surface area contributed by atoms with E-state index in [9.17, 15) is 0 Å². The van der Waals surface area contributed by atoms with Crippen LogP contribution in [0.2, 0.25) is 0 Å². The fourth-order valence-corrected chi connectivity index (χ4v) is 3.59. The maximum absolute atomic E-state index is 2.26. The van der Waals surface area contributed by atoms with E-state index < -0.39 is 0 Å². The smallest absolute Gasteiger partial charge is 0.00372 e. The fourth-order valence-electron chi connectivity index (χ4n) is 1.29. The van der Waals surface area contributed by atoms with E-state index in [0.717, 1.165) is 0 Å². The highest BCUT2D eigenvalue weighted by Gasteiger charge is 1.96. The zero-order chi connectivity index (χ0) is 10.5. The van der Waals surface area contributed by atoms with Crippen molar-refractivity contribution in [2.24, 2.45) is 0 Å². The van der Waals surface area contributed by atoms with E-state index in [2.05, 4.69) is 13.8 Å². The summed E-state index contributed by atoms with van der Waals surface area (Å²) in [7, 11) is 4.02. The van der Waals surface area contributed by atoms with Crippen LogP contribution in [0.3, 0.4) is 0 Å². The van der Waals surface area contributed by atoms with E-state index in [1.165, 1.54) is 62.9 Å². The fraction of sp³-hybridized carbons (Fsp3) is 1.00. The van der Waals surface area contributed by atoms with Crippen LogP contribution in [0.4, 0.5) is 0 Å². The molecule has 0 nitrogen and oxygen atoms in total. The van der Waals surface area contributed by atoms with E-state index in [1.807, 2.05) is 21.6 Å². The van der Waals surface area contributed by atoms with Gasteiger partial charge in [-0.15, -0.1) is 0 Å². The Kier molecular flexibility index (Phi) is 14.4. The van der Waals surface area contributed by atoms with Crippen LogP contribution in [0, 0.1) is 0 Å². The van der Waals surface area contributed by atoms with E-state index in [0.29, 0.717) is 0 Å². The van der Waals surface area contributed by atoms with Gasteiger partial charge in [0.05, 0.1) is 0 Å². The van der Waals surface area contributed by atoms with Crippen molar-refractivity contribution in [1.29, 1.82) is 0 Å². The molecule has 2 heteroatoms. The molecule has 0 saturated carbocycles. The number of hydrogen-bond donors (Lipinski definition) is 0. The second-order valence-electron chi connectivity index (χ2n) is 3.77. The molecule has 0 radical (unpaired) electrons. The molecule has 0 aromatic carbocycles. The number of unbranched alkanes of at least 4 members (excludes halogenated alkanes) is 5. The summed E-state index contributed by atoms with van der Waals surface area (Å²) in [5.41, 5.74) is 0. The quantitative estimate of drug-likeness (QED) is 0.453. The molecule has 0 amide bonds. The molecule has 0 bridgehead atoms. The summed E-state index contributed by atoms with van der Waals surface area (Å²) in [5, 5.41) is 0. The third-order valence-electron chi connectivity index (χ3n) is 2.25.